The van der Waals surface area contributed by atoms with Crippen molar-refractivity contribution in [2.24, 2.45) is 0 Å². The standard InChI is InChI=1S/C22H19ClF5N3O3/c1-11-17(20(32)31-16-4-6-29-10-21(16,24)25)14-7-13(8-15(23)18(14)34-11)33-9-12-3-2-5-30-19(12)22(26,27)28/h2-3,5,7-8,16,29H,4,6,9-10H2,1H3,(H,31,32). The molecular weight excluding hydrogens is 485 g/mol. The molecule has 34 heavy (non-hydrogen) atoms. The topological polar surface area (TPSA) is 76.4 Å². The Bertz CT molecular complexity index is 1230. The number of piperidine rings is 1. The molecule has 0 radical (unpaired) electrons. The first-order valence-corrected chi connectivity index (χ1v) is 10.6. The normalized spacial score (nSPS) is 18.1. The number of furan rings is 1. The summed E-state index contributed by atoms with van der Waals surface area (Å²) in [6.45, 7) is 0.784. The van der Waals surface area contributed by atoms with E-state index in [1.807, 2.05) is 0 Å². The van der Waals surface area contributed by atoms with E-state index in [2.05, 4.69) is 15.6 Å². The zero-order valence-corrected chi connectivity index (χ0v) is 18.5. The van der Waals surface area contributed by atoms with Crippen LogP contribution in [0.15, 0.2) is 34.9 Å². The van der Waals surface area contributed by atoms with Crippen LogP contribution in [0, 0.1) is 6.92 Å². The van der Waals surface area contributed by atoms with E-state index in [4.69, 9.17) is 20.8 Å². The molecule has 12 heteroatoms. The Labute approximate surface area is 195 Å². The summed E-state index contributed by atoms with van der Waals surface area (Å²) in [6.07, 6.45) is -3.60. The van der Waals surface area contributed by atoms with Gasteiger partial charge in [0.25, 0.3) is 11.8 Å². The number of carbonyl (C=O) groups is 1. The van der Waals surface area contributed by atoms with Gasteiger partial charge in [-0.25, -0.2) is 8.78 Å². The number of ether oxygens (including phenoxy) is 1. The Morgan fingerprint density at radius 3 is 2.85 bits per heavy atom. The third kappa shape index (κ3) is 4.80. The zero-order valence-electron chi connectivity index (χ0n) is 17.7. The van der Waals surface area contributed by atoms with Crippen molar-refractivity contribution in [2.45, 2.75) is 38.1 Å². The third-order valence-electron chi connectivity index (χ3n) is 5.46. The van der Waals surface area contributed by atoms with Gasteiger partial charge < -0.3 is 19.8 Å². The first kappa shape index (κ1) is 24.2. The number of rotatable bonds is 5. The predicted molar refractivity (Wildman–Crippen MR) is 113 cm³/mol. The quantitative estimate of drug-likeness (QED) is 0.473. The molecule has 3 heterocycles. The molecule has 4 rings (SSSR count). The third-order valence-corrected chi connectivity index (χ3v) is 5.74. The average molecular weight is 504 g/mol. The lowest BCUT2D eigenvalue weighted by molar-refractivity contribution is -0.142. The maximum Gasteiger partial charge on any atom is 0.433 e. The van der Waals surface area contributed by atoms with Crippen LogP contribution in [-0.2, 0) is 12.8 Å². The summed E-state index contributed by atoms with van der Waals surface area (Å²) in [7, 11) is 0. The highest BCUT2D eigenvalue weighted by Gasteiger charge is 2.43. The Kier molecular flexibility index (Phi) is 6.43. The average Bonchev–Trinajstić information content (AvgIpc) is 3.10. The molecule has 0 aliphatic carbocycles. The summed E-state index contributed by atoms with van der Waals surface area (Å²) in [4.78, 5) is 16.3. The van der Waals surface area contributed by atoms with Crippen molar-refractivity contribution in [3.05, 3.63) is 58.1 Å². The molecule has 1 atom stereocenters. The highest BCUT2D eigenvalue weighted by Crippen LogP contribution is 2.36. The van der Waals surface area contributed by atoms with Crippen molar-refractivity contribution in [1.82, 2.24) is 15.6 Å². The minimum absolute atomic E-state index is 0.00552. The van der Waals surface area contributed by atoms with Gasteiger partial charge in [0.15, 0.2) is 11.3 Å². The molecule has 0 bridgehead atoms. The van der Waals surface area contributed by atoms with Gasteiger partial charge in [0.1, 0.15) is 18.1 Å². The molecule has 3 aromatic rings. The van der Waals surface area contributed by atoms with Crippen molar-refractivity contribution in [3.8, 4) is 5.75 Å². The number of halogens is 6. The van der Waals surface area contributed by atoms with Crippen LogP contribution in [0.1, 0.15) is 33.8 Å². The van der Waals surface area contributed by atoms with Crippen molar-refractivity contribution < 1.29 is 35.9 Å². The summed E-state index contributed by atoms with van der Waals surface area (Å²) in [6, 6.07) is 3.92. The maximum atomic E-state index is 14.2. The van der Waals surface area contributed by atoms with Crippen molar-refractivity contribution in [3.63, 3.8) is 0 Å². The number of fused-ring (bicyclic) bond motifs is 1. The van der Waals surface area contributed by atoms with E-state index in [0.717, 1.165) is 6.20 Å². The van der Waals surface area contributed by atoms with Crippen LogP contribution in [0.3, 0.4) is 0 Å². The fourth-order valence-corrected chi connectivity index (χ4v) is 4.08. The number of carbonyl (C=O) groups excluding carboxylic acids is 1. The predicted octanol–water partition coefficient (Wildman–Crippen LogP) is 5.11. The number of hydrogen-bond donors (Lipinski definition) is 2. The van der Waals surface area contributed by atoms with E-state index in [9.17, 15) is 26.7 Å². The lowest BCUT2D eigenvalue weighted by atomic mass is 10.0. The summed E-state index contributed by atoms with van der Waals surface area (Å²) >= 11 is 6.25. The lowest BCUT2D eigenvalue weighted by Crippen LogP contribution is -2.57. The lowest BCUT2D eigenvalue weighted by Gasteiger charge is -2.32. The molecule has 2 N–H and O–H groups in total. The smallest absolute Gasteiger partial charge is 0.433 e. The van der Waals surface area contributed by atoms with Gasteiger partial charge in [0.05, 0.1) is 23.2 Å². The van der Waals surface area contributed by atoms with E-state index in [1.54, 1.807) is 0 Å². The van der Waals surface area contributed by atoms with Gasteiger partial charge in [-0.15, -0.1) is 0 Å². The molecule has 182 valence electrons. The number of pyridine rings is 1. The summed E-state index contributed by atoms with van der Waals surface area (Å²) in [5.74, 6) is -3.69. The first-order chi connectivity index (χ1) is 16.0. The number of aromatic nitrogens is 1. The summed E-state index contributed by atoms with van der Waals surface area (Å²) < 4.78 is 79.0. The van der Waals surface area contributed by atoms with E-state index < -0.39 is 42.9 Å². The van der Waals surface area contributed by atoms with Crippen LogP contribution in [-0.4, -0.2) is 35.9 Å². The summed E-state index contributed by atoms with van der Waals surface area (Å²) in [5.41, 5.74) is -1.15. The second-order valence-corrected chi connectivity index (χ2v) is 8.27. The van der Waals surface area contributed by atoms with Crippen LogP contribution in [0.25, 0.3) is 11.0 Å². The van der Waals surface area contributed by atoms with Crippen LogP contribution >= 0.6 is 11.6 Å². The molecule has 0 saturated carbocycles. The fraction of sp³-hybridized carbons (Fsp3) is 0.364. The second-order valence-electron chi connectivity index (χ2n) is 7.87. The van der Waals surface area contributed by atoms with E-state index in [-0.39, 0.29) is 45.0 Å². The van der Waals surface area contributed by atoms with Gasteiger partial charge in [-0.1, -0.05) is 17.7 Å². The monoisotopic (exact) mass is 503 g/mol. The van der Waals surface area contributed by atoms with Crippen molar-refractivity contribution in [2.75, 3.05) is 13.1 Å². The number of aryl methyl sites for hydroxylation is 1. The zero-order chi connectivity index (χ0) is 24.7. The molecule has 0 spiro atoms. The molecule has 1 fully saturated rings. The number of hydrogen-bond acceptors (Lipinski definition) is 5. The molecule has 1 aliphatic rings. The van der Waals surface area contributed by atoms with Crippen LogP contribution in [0.4, 0.5) is 22.0 Å². The minimum atomic E-state index is -4.66. The van der Waals surface area contributed by atoms with Crippen LogP contribution in [0.2, 0.25) is 5.02 Å². The number of amides is 1. The number of alkyl halides is 5. The van der Waals surface area contributed by atoms with E-state index in [1.165, 1.54) is 31.2 Å². The number of nitrogens with zero attached hydrogens (tertiary/aromatic N) is 1. The Morgan fingerprint density at radius 2 is 2.15 bits per heavy atom. The van der Waals surface area contributed by atoms with E-state index in [0.29, 0.717) is 6.54 Å². The highest BCUT2D eigenvalue weighted by molar-refractivity contribution is 6.35. The highest BCUT2D eigenvalue weighted by atomic mass is 35.5. The largest absolute Gasteiger partial charge is 0.489 e. The Hall–Kier alpha value is -2.92. The molecule has 1 amide bonds. The molecule has 1 aromatic carbocycles. The summed E-state index contributed by atoms with van der Waals surface area (Å²) in [5, 5.41) is 5.18. The molecule has 1 saturated heterocycles. The molecule has 2 aromatic heterocycles. The van der Waals surface area contributed by atoms with Gasteiger partial charge in [-0.2, -0.15) is 13.2 Å². The van der Waals surface area contributed by atoms with Gasteiger partial charge in [-0.05, 0) is 32.0 Å². The van der Waals surface area contributed by atoms with Gasteiger partial charge in [0, 0.05) is 23.2 Å². The van der Waals surface area contributed by atoms with Crippen LogP contribution < -0.4 is 15.4 Å². The van der Waals surface area contributed by atoms with Crippen molar-refractivity contribution in [1.29, 1.82) is 0 Å². The van der Waals surface area contributed by atoms with Crippen molar-refractivity contribution >= 4 is 28.5 Å². The fourth-order valence-electron chi connectivity index (χ4n) is 3.83. The second kappa shape index (κ2) is 9.03. The van der Waals surface area contributed by atoms with Gasteiger partial charge >= 0.3 is 6.18 Å². The minimum Gasteiger partial charge on any atom is -0.489 e. The number of benzene rings is 1. The van der Waals surface area contributed by atoms with Gasteiger partial charge in [0.2, 0.25) is 0 Å². The molecule has 6 nitrogen and oxygen atoms in total. The van der Waals surface area contributed by atoms with Gasteiger partial charge in [-0.3, -0.25) is 9.78 Å². The molecular formula is C22H19ClF5N3O3. The molecule has 1 unspecified atom stereocenters. The van der Waals surface area contributed by atoms with Crippen LogP contribution in [0.5, 0.6) is 5.75 Å². The SMILES string of the molecule is Cc1oc2c(Cl)cc(OCc3cccnc3C(F)(F)F)cc2c1C(=O)NC1CCNCC1(F)F. The number of nitrogens with one attached hydrogen (secondary N) is 2. The Balaban J connectivity index is 1.62. The van der Waals surface area contributed by atoms with E-state index >= 15 is 0 Å². The maximum absolute atomic E-state index is 14.2. The first-order valence-electron chi connectivity index (χ1n) is 10.2. The Morgan fingerprint density at radius 1 is 1.38 bits per heavy atom. The molecule has 1 aliphatic heterocycles.